The summed E-state index contributed by atoms with van der Waals surface area (Å²) in [6.07, 6.45) is 9.97. The lowest BCUT2D eigenvalue weighted by Gasteiger charge is -2.31. The summed E-state index contributed by atoms with van der Waals surface area (Å²) in [5.41, 5.74) is 0. The van der Waals surface area contributed by atoms with E-state index in [4.69, 9.17) is 0 Å². The van der Waals surface area contributed by atoms with Crippen molar-refractivity contribution >= 4 is 0 Å². The molecule has 0 aromatic rings. The van der Waals surface area contributed by atoms with Gasteiger partial charge in [-0.1, -0.05) is 26.7 Å². The molecule has 2 aliphatic rings. The first kappa shape index (κ1) is 14.3. The minimum absolute atomic E-state index is 0.795. The Balaban J connectivity index is 1.61. The first-order valence-electron chi connectivity index (χ1n) is 8.25. The Kier molecular flexibility index (Phi) is 5.97. The summed E-state index contributed by atoms with van der Waals surface area (Å²) in [6, 6.07) is 0.795. The van der Waals surface area contributed by atoms with Crippen molar-refractivity contribution < 1.29 is 0 Å². The van der Waals surface area contributed by atoms with Crippen molar-refractivity contribution in [2.24, 2.45) is 11.8 Å². The standard InChI is InChI=1S/C16H32N2/c1-3-11-18(13-15-8-9-15)12-10-17-16-7-5-4-6-14(16)2/h14-17H,3-13H2,1-2H3. The average Bonchev–Trinajstić information content (AvgIpc) is 3.16. The van der Waals surface area contributed by atoms with Gasteiger partial charge in [0.05, 0.1) is 0 Å². The van der Waals surface area contributed by atoms with Gasteiger partial charge in [0.1, 0.15) is 0 Å². The maximum atomic E-state index is 3.81. The van der Waals surface area contributed by atoms with E-state index in [1.165, 1.54) is 71.1 Å². The molecular weight excluding hydrogens is 220 g/mol. The quantitative estimate of drug-likeness (QED) is 0.713. The van der Waals surface area contributed by atoms with Gasteiger partial charge in [0.25, 0.3) is 0 Å². The second-order valence-corrected chi connectivity index (χ2v) is 6.57. The highest BCUT2D eigenvalue weighted by Crippen LogP contribution is 2.29. The molecule has 2 fully saturated rings. The number of hydrogen-bond donors (Lipinski definition) is 1. The normalized spacial score (nSPS) is 28.8. The van der Waals surface area contributed by atoms with Crippen molar-refractivity contribution in [3.05, 3.63) is 0 Å². The van der Waals surface area contributed by atoms with Crippen molar-refractivity contribution in [3.8, 4) is 0 Å². The molecule has 0 heterocycles. The lowest BCUT2D eigenvalue weighted by Crippen LogP contribution is -2.42. The van der Waals surface area contributed by atoms with Gasteiger partial charge in [0.15, 0.2) is 0 Å². The van der Waals surface area contributed by atoms with Crippen LogP contribution >= 0.6 is 0 Å². The molecule has 2 heteroatoms. The summed E-state index contributed by atoms with van der Waals surface area (Å²) in [5.74, 6) is 1.92. The summed E-state index contributed by atoms with van der Waals surface area (Å²) >= 11 is 0. The van der Waals surface area contributed by atoms with E-state index in [1.54, 1.807) is 0 Å². The molecule has 0 bridgehead atoms. The summed E-state index contributed by atoms with van der Waals surface area (Å²) in [7, 11) is 0. The zero-order chi connectivity index (χ0) is 12.8. The van der Waals surface area contributed by atoms with E-state index in [0.29, 0.717) is 0 Å². The second-order valence-electron chi connectivity index (χ2n) is 6.57. The minimum atomic E-state index is 0.795. The fourth-order valence-corrected chi connectivity index (χ4v) is 3.30. The van der Waals surface area contributed by atoms with Gasteiger partial charge < -0.3 is 10.2 Å². The third kappa shape index (κ3) is 4.89. The maximum Gasteiger partial charge on any atom is 0.0107 e. The molecule has 2 unspecified atom stereocenters. The molecule has 2 atom stereocenters. The molecule has 0 spiro atoms. The first-order chi connectivity index (χ1) is 8.79. The monoisotopic (exact) mass is 252 g/mol. The SMILES string of the molecule is CCCN(CCNC1CCCCC1C)CC1CC1. The Hall–Kier alpha value is -0.0800. The van der Waals surface area contributed by atoms with Crippen LogP contribution in [0.15, 0.2) is 0 Å². The van der Waals surface area contributed by atoms with Gasteiger partial charge in [-0.3, -0.25) is 0 Å². The van der Waals surface area contributed by atoms with Crippen LogP contribution in [-0.4, -0.2) is 37.1 Å². The number of nitrogens with zero attached hydrogens (tertiary/aromatic N) is 1. The van der Waals surface area contributed by atoms with Crippen molar-refractivity contribution in [2.75, 3.05) is 26.2 Å². The zero-order valence-corrected chi connectivity index (χ0v) is 12.5. The Morgan fingerprint density at radius 1 is 1.06 bits per heavy atom. The van der Waals surface area contributed by atoms with Crippen LogP contribution in [0.1, 0.15) is 58.8 Å². The molecule has 18 heavy (non-hydrogen) atoms. The van der Waals surface area contributed by atoms with Crippen LogP contribution in [0.4, 0.5) is 0 Å². The van der Waals surface area contributed by atoms with E-state index in [9.17, 15) is 0 Å². The zero-order valence-electron chi connectivity index (χ0n) is 12.5. The van der Waals surface area contributed by atoms with Gasteiger partial charge in [-0.05, 0) is 50.5 Å². The van der Waals surface area contributed by atoms with Crippen LogP contribution in [0.3, 0.4) is 0 Å². The smallest absolute Gasteiger partial charge is 0.0107 e. The molecule has 0 radical (unpaired) electrons. The van der Waals surface area contributed by atoms with Crippen molar-refractivity contribution in [1.29, 1.82) is 0 Å². The van der Waals surface area contributed by atoms with Crippen molar-refractivity contribution in [1.82, 2.24) is 10.2 Å². The Bertz CT molecular complexity index is 225. The van der Waals surface area contributed by atoms with Gasteiger partial charge in [-0.15, -0.1) is 0 Å². The third-order valence-electron chi connectivity index (χ3n) is 4.70. The highest BCUT2D eigenvalue weighted by atomic mass is 15.1. The van der Waals surface area contributed by atoms with E-state index >= 15 is 0 Å². The molecule has 106 valence electrons. The largest absolute Gasteiger partial charge is 0.312 e. The Labute approximate surface area is 114 Å². The molecule has 2 saturated carbocycles. The summed E-state index contributed by atoms with van der Waals surface area (Å²) in [6.45, 7) is 9.82. The fourth-order valence-electron chi connectivity index (χ4n) is 3.30. The van der Waals surface area contributed by atoms with Crippen LogP contribution in [-0.2, 0) is 0 Å². The predicted molar refractivity (Wildman–Crippen MR) is 78.9 cm³/mol. The number of hydrogen-bond acceptors (Lipinski definition) is 2. The Morgan fingerprint density at radius 3 is 2.50 bits per heavy atom. The van der Waals surface area contributed by atoms with Crippen LogP contribution < -0.4 is 5.32 Å². The molecule has 0 saturated heterocycles. The van der Waals surface area contributed by atoms with E-state index in [0.717, 1.165) is 17.9 Å². The molecule has 0 aromatic carbocycles. The molecule has 0 aliphatic heterocycles. The summed E-state index contributed by atoms with van der Waals surface area (Å²) < 4.78 is 0. The molecule has 1 N–H and O–H groups in total. The average molecular weight is 252 g/mol. The van der Waals surface area contributed by atoms with Gasteiger partial charge in [-0.2, -0.15) is 0 Å². The van der Waals surface area contributed by atoms with Crippen LogP contribution in [0.5, 0.6) is 0 Å². The van der Waals surface area contributed by atoms with E-state index in [2.05, 4.69) is 24.1 Å². The first-order valence-corrected chi connectivity index (χ1v) is 8.25. The van der Waals surface area contributed by atoms with Crippen molar-refractivity contribution in [3.63, 3.8) is 0 Å². The lowest BCUT2D eigenvalue weighted by atomic mass is 9.86. The third-order valence-corrected chi connectivity index (χ3v) is 4.70. The fraction of sp³-hybridized carbons (Fsp3) is 1.00. The maximum absolute atomic E-state index is 3.81. The van der Waals surface area contributed by atoms with Crippen LogP contribution in [0.25, 0.3) is 0 Å². The molecule has 0 aromatic heterocycles. The topological polar surface area (TPSA) is 15.3 Å². The molecule has 0 amide bonds. The van der Waals surface area contributed by atoms with Gasteiger partial charge >= 0.3 is 0 Å². The second kappa shape index (κ2) is 7.49. The minimum Gasteiger partial charge on any atom is -0.312 e. The van der Waals surface area contributed by atoms with Crippen LogP contribution in [0.2, 0.25) is 0 Å². The molecular formula is C16H32N2. The molecule has 2 rings (SSSR count). The van der Waals surface area contributed by atoms with Gasteiger partial charge in [0.2, 0.25) is 0 Å². The predicted octanol–water partition coefficient (Wildman–Crippen LogP) is 3.28. The van der Waals surface area contributed by atoms with Crippen LogP contribution in [0, 0.1) is 11.8 Å². The molecule has 2 aliphatic carbocycles. The van der Waals surface area contributed by atoms with Gasteiger partial charge in [-0.25, -0.2) is 0 Å². The van der Waals surface area contributed by atoms with E-state index in [1.807, 2.05) is 0 Å². The van der Waals surface area contributed by atoms with Crippen molar-refractivity contribution in [2.45, 2.75) is 64.8 Å². The van der Waals surface area contributed by atoms with E-state index < -0.39 is 0 Å². The van der Waals surface area contributed by atoms with E-state index in [-0.39, 0.29) is 0 Å². The lowest BCUT2D eigenvalue weighted by molar-refractivity contribution is 0.235. The Morgan fingerprint density at radius 2 is 1.83 bits per heavy atom. The highest BCUT2D eigenvalue weighted by Gasteiger charge is 2.24. The number of rotatable bonds is 8. The van der Waals surface area contributed by atoms with Gasteiger partial charge in [0, 0.05) is 25.7 Å². The summed E-state index contributed by atoms with van der Waals surface area (Å²) in [4.78, 5) is 2.68. The number of nitrogens with one attached hydrogen (secondary N) is 1. The summed E-state index contributed by atoms with van der Waals surface area (Å²) in [5, 5.41) is 3.81. The highest BCUT2D eigenvalue weighted by molar-refractivity contribution is 4.80. The molecule has 2 nitrogen and oxygen atoms in total.